The highest BCUT2D eigenvalue weighted by atomic mass is 16.5. The molecular formula is C22H26N2O3. The Hall–Kier alpha value is -2.39. The quantitative estimate of drug-likeness (QED) is 0.787. The fraction of sp³-hybridized carbons (Fsp3) is 0.409. The van der Waals surface area contributed by atoms with E-state index in [1.54, 1.807) is 0 Å². The van der Waals surface area contributed by atoms with E-state index in [1.165, 1.54) is 5.56 Å². The second kappa shape index (κ2) is 9.01. The summed E-state index contributed by atoms with van der Waals surface area (Å²) in [4.78, 5) is 2.36. The van der Waals surface area contributed by atoms with Crippen LogP contribution in [0.4, 0.5) is 0 Å². The molecule has 0 aliphatic carbocycles. The highest BCUT2D eigenvalue weighted by molar-refractivity contribution is 5.31. The lowest BCUT2D eigenvalue weighted by atomic mass is 9.92. The van der Waals surface area contributed by atoms with Gasteiger partial charge in [-0.25, -0.2) is 0 Å². The van der Waals surface area contributed by atoms with Crippen LogP contribution in [0.25, 0.3) is 0 Å². The molecule has 1 heterocycles. The summed E-state index contributed by atoms with van der Waals surface area (Å²) in [6.45, 7) is 2.95. The van der Waals surface area contributed by atoms with Gasteiger partial charge < -0.3 is 19.8 Å². The number of rotatable bonds is 7. The first kappa shape index (κ1) is 19.4. The molecular weight excluding hydrogens is 340 g/mol. The molecule has 3 rings (SSSR count). The van der Waals surface area contributed by atoms with Crippen molar-refractivity contribution in [2.45, 2.75) is 31.5 Å². The summed E-state index contributed by atoms with van der Waals surface area (Å²) < 4.78 is 5.76. The van der Waals surface area contributed by atoms with E-state index in [0.29, 0.717) is 24.2 Å². The van der Waals surface area contributed by atoms with Crippen LogP contribution < -0.4 is 4.74 Å². The summed E-state index contributed by atoms with van der Waals surface area (Å²) in [6, 6.07) is 17.2. The number of nitriles is 1. The first-order valence-corrected chi connectivity index (χ1v) is 9.37. The predicted octanol–water partition coefficient (Wildman–Crippen LogP) is 2.50. The van der Waals surface area contributed by atoms with Crippen molar-refractivity contribution in [1.82, 2.24) is 4.90 Å². The van der Waals surface area contributed by atoms with Crippen LogP contribution in [0.15, 0.2) is 48.5 Å². The zero-order valence-corrected chi connectivity index (χ0v) is 15.5. The second-order valence-electron chi connectivity index (χ2n) is 7.22. The molecule has 1 saturated heterocycles. The lowest BCUT2D eigenvalue weighted by molar-refractivity contribution is -0.0521. The Balaban J connectivity index is 1.42. The van der Waals surface area contributed by atoms with Crippen LogP contribution in [0, 0.1) is 11.3 Å². The number of likely N-dealkylation sites (tertiary alicyclic amines) is 1. The number of nitrogens with zero attached hydrogens (tertiary/aromatic N) is 2. The van der Waals surface area contributed by atoms with Gasteiger partial charge in [-0.3, -0.25) is 0 Å². The number of benzene rings is 2. The Morgan fingerprint density at radius 2 is 1.63 bits per heavy atom. The summed E-state index contributed by atoms with van der Waals surface area (Å²) in [5.74, 6) is 0.712. The van der Waals surface area contributed by atoms with Crippen LogP contribution in [-0.4, -0.2) is 47.0 Å². The van der Waals surface area contributed by atoms with E-state index in [2.05, 4.69) is 11.0 Å². The van der Waals surface area contributed by atoms with E-state index >= 15 is 0 Å². The van der Waals surface area contributed by atoms with Crippen molar-refractivity contribution in [3.05, 3.63) is 65.2 Å². The van der Waals surface area contributed by atoms with Gasteiger partial charge in [0.1, 0.15) is 18.0 Å². The van der Waals surface area contributed by atoms with Gasteiger partial charge in [-0.05, 0) is 54.7 Å². The van der Waals surface area contributed by atoms with Gasteiger partial charge in [0.15, 0.2) is 0 Å². The summed E-state index contributed by atoms with van der Waals surface area (Å²) >= 11 is 0. The Kier molecular flexibility index (Phi) is 6.46. The van der Waals surface area contributed by atoms with Crippen molar-refractivity contribution in [2.24, 2.45) is 0 Å². The summed E-state index contributed by atoms with van der Waals surface area (Å²) in [6.07, 6.45) is 2.32. The highest BCUT2D eigenvalue weighted by Gasteiger charge is 2.33. The zero-order valence-electron chi connectivity index (χ0n) is 15.5. The lowest BCUT2D eigenvalue weighted by Gasteiger charge is -2.38. The Morgan fingerprint density at radius 1 is 1.00 bits per heavy atom. The molecule has 142 valence electrons. The van der Waals surface area contributed by atoms with Crippen molar-refractivity contribution in [3.63, 3.8) is 0 Å². The molecule has 0 spiro atoms. The third-order valence-corrected chi connectivity index (χ3v) is 5.20. The topological polar surface area (TPSA) is 76.7 Å². The molecule has 2 aromatic carbocycles. The summed E-state index contributed by atoms with van der Waals surface area (Å²) in [5.41, 5.74) is 1.97. The van der Waals surface area contributed by atoms with Crippen LogP contribution >= 0.6 is 0 Å². The number of ether oxygens (including phenoxy) is 1. The van der Waals surface area contributed by atoms with E-state index in [9.17, 15) is 5.11 Å². The van der Waals surface area contributed by atoms with Gasteiger partial charge in [0.2, 0.25) is 0 Å². The fourth-order valence-corrected chi connectivity index (χ4v) is 3.28. The first-order valence-electron chi connectivity index (χ1n) is 9.37. The molecule has 1 fully saturated rings. The largest absolute Gasteiger partial charge is 0.491 e. The SMILES string of the molecule is N#Cc1ccc(CCN2CCC(O)(COc3ccc(CO)cc3)CC2)cc1. The highest BCUT2D eigenvalue weighted by Crippen LogP contribution is 2.24. The van der Waals surface area contributed by atoms with Crippen molar-refractivity contribution >= 4 is 0 Å². The van der Waals surface area contributed by atoms with Gasteiger partial charge in [0.25, 0.3) is 0 Å². The van der Waals surface area contributed by atoms with E-state index in [0.717, 1.165) is 31.6 Å². The molecule has 0 bridgehead atoms. The molecule has 5 heteroatoms. The zero-order chi connectivity index (χ0) is 19.1. The molecule has 0 saturated carbocycles. The molecule has 1 aliphatic rings. The van der Waals surface area contributed by atoms with Crippen molar-refractivity contribution in [1.29, 1.82) is 5.26 Å². The molecule has 0 amide bonds. The van der Waals surface area contributed by atoms with Crippen LogP contribution in [0.5, 0.6) is 5.75 Å². The predicted molar refractivity (Wildman–Crippen MR) is 103 cm³/mol. The number of aliphatic hydroxyl groups excluding tert-OH is 1. The summed E-state index contributed by atoms with van der Waals surface area (Å²) in [7, 11) is 0. The monoisotopic (exact) mass is 366 g/mol. The van der Waals surface area contributed by atoms with Gasteiger partial charge >= 0.3 is 0 Å². The van der Waals surface area contributed by atoms with Crippen LogP contribution in [-0.2, 0) is 13.0 Å². The molecule has 1 aliphatic heterocycles. The molecule has 0 unspecified atom stereocenters. The van der Waals surface area contributed by atoms with Gasteiger partial charge in [-0.15, -0.1) is 0 Å². The smallest absolute Gasteiger partial charge is 0.119 e. The minimum Gasteiger partial charge on any atom is -0.491 e. The molecule has 0 aromatic heterocycles. The van der Waals surface area contributed by atoms with Crippen LogP contribution in [0.3, 0.4) is 0 Å². The lowest BCUT2D eigenvalue weighted by Crippen LogP contribution is -2.48. The number of aliphatic hydroxyl groups is 2. The molecule has 2 N–H and O–H groups in total. The molecule has 0 radical (unpaired) electrons. The summed E-state index contributed by atoms with van der Waals surface area (Å²) in [5, 5.41) is 28.7. The number of hydrogen-bond donors (Lipinski definition) is 2. The average molecular weight is 366 g/mol. The van der Waals surface area contributed by atoms with E-state index in [-0.39, 0.29) is 13.2 Å². The second-order valence-corrected chi connectivity index (χ2v) is 7.22. The van der Waals surface area contributed by atoms with Gasteiger partial charge in [-0.2, -0.15) is 5.26 Å². The Labute approximate surface area is 160 Å². The van der Waals surface area contributed by atoms with Gasteiger partial charge in [0.05, 0.1) is 18.2 Å². The first-order chi connectivity index (χ1) is 13.1. The van der Waals surface area contributed by atoms with Crippen molar-refractivity contribution in [3.8, 4) is 11.8 Å². The van der Waals surface area contributed by atoms with Crippen LogP contribution in [0.1, 0.15) is 29.5 Å². The van der Waals surface area contributed by atoms with Gasteiger partial charge in [-0.1, -0.05) is 24.3 Å². The maximum absolute atomic E-state index is 10.8. The molecule has 2 aromatic rings. The standard InChI is InChI=1S/C22H26N2O3/c23-15-19-3-1-18(2-4-19)9-12-24-13-10-22(26,11-14-24)17-27-21-7-5-20(16-25)6-8-21/h1-8,25-26H,9-14,16-17H2. The van der Waals surface area contributed by atoms with Crippen molar-refractivity contribution < 1.29 is 14.9 Å². The maximum atomic E-state index is 10.8. The normalized spacial score (nSPS) is 16.6. The average Bonchev–Trinajstić information content (AvgIpc) is 2.73. The molecule has 0 atom stereocenters. The third-order valence-electron chi connectivity index (χ3n) is 5.20. The van der Waals surface area contributed by atoms with E-state index in [1.807, 2.05) is 48.5 Å². The minimum absolute atomic E-state index is 0.0164. The van der Waals surface area contributed by atoms with Crippen molar-refractivity contribution in [2.75, 3.05) is 26.2 Å². The fourth-order valence-electron chi connectivity index (χ4n) is 3.28. The number of piperidine rings is 1. The van der Waals surface area contributed by atoms with E-state index < -0.39 is 5.60 Å². The number of hydrogen-bond acceptors (Lipinski definition) is 5. The van der Waals surface area contributed by atoms with Gasteiger partial charge in [0, 0.05) is 19.6 Å². The molecule has 27 heavy (non-hydrogen) atoms. The van der Waals surface area contributed by atoms with E-state index in [4.69, 9.17) is 15.1 Å². The van der Waals surface area contributed by atoms with Crippen LogP contribution in [0.2, 0.25) is 0 Å². The maximum Gasteiger partial charge on any atom is 0.119 e. The Morgan fingerprint density at radius 3 is 2.22 bits per heavy atom. The molecule has 5 nitrogen and oxygen atoms in total. The minimum atomic E-state index is -0.791. The Bertz CT molecular complexity index is 758. The third kappa shape index (κ3) is 5.54.